The smallest absolute Gasteiger partial charge is 0.307 e. The fourth-order valence-electron chi connectivity index (χ4n) is 1.73. The van der Waals surface area contributed by atoms with Gasteiger partial charge in [0.15, 0.2) is 5.03 Å². The number of aromatic nitrogens is 2. The number of carbonyl (C=O) groups is 1. The lowest BCUT2D eigenvalue weighted by molar-refractivity contribution is -0.136. The molecule has 3 N–H and O–H groups in total. The number of rotatable bonds is 6. The van der Waals surface area contributed by atoms with Gasteiger partial charge in [0.2, 0.25) is 0 Å². The Kier molecular flexibility index (Phi) is 4.27. The molecule has 0 saturated heterocycles. The summed E-state index contributed by atoms with van der Waals surface area (Å²) >= 11 is 0. The van der Waals surface area contributed by atoms with Crippen molar-refractivity contribution in [2.24, 2.45) is 0 Å². The summed E-state index contributed by atoms with van der Waals surface area (Å²) in [6.45, 7) is 1.86. The van der Waals surface area contributed by atoms with Crippen LogP contribution in [0.15, 0.2) is 35.5 Å². The summed E-state index contributed by atoms with van der Waals surface area (Å²) in [5, 5.41) is 8.67. The predicted octanol–water partition coefficient (Wildman–Crippen LogP) is 1.40. The van der Waals surface area contributed by atoms with Gasteiger partial charge in [-0.2, -0.15) is 8.42 Å². The predicted molar refractivity (Wildman–Crippen MR) is 76.6 cm³/mol. The summed E-state index contributed by atoms with van der Waals surface area (Å²) in [4.78, 5) is 17.2. The van der Waals surface area contributed by atoms with E-state index in [0.717, 1.165) is 0 Å². The lowest BCUT2D eigenvalue weighted by Gasteiger charge is -2.06. The SMILES string of the molecule is CCc1ncc(S(=O)(=O)Nc2ccc(CC(=O)O)cc2)[nH]1. The summed E-state index contributed by atoms with van der Waals surface area (Å²) in [5.41, 5.74) is 0.956. The molecule has 0 aliphatic heterocycles. The van der Waals surface area contributed by atoms with Gasteiger partial charge in [-0.1, -0.05) is 19.1 Å². The molecule has 0 saturated carbocycles. The topological polar surface area (TPSA) is 112 Å². The molecule has 0 spiro atoms. The lowest BCUT2D eigenvalue weighted by atomic mass is 10.1. The van der Waals surface area contributed by atoms with Crippen LogP contribution < -0.4 is 4.72 Å². The van der Waals surface area contributed by atoms with E-state index in [0.29, 0.717) is 23.5 Å². The molecule has 21 heavy (non-hydrogen) atoms. The van der Waals surface area contributed by atoms with Crippen LogP contribution in [0.5, 0.6) is 0 Å². The molecule has 2 rings (SSSR count). The number of aliphatic carboxylic acids is 1. The second kappa shape index (κ2) is 5.96. The van der Waals surface area contributed by atoms with Gasteiger partial charge in [0.25, 0.3) is 10.0 Å². The number of benzene rings is 1. The van der Waals surface area contributed by atoms with E-state index in [1.165, 1.54) is 18.3 Å². The molecule has 7 nitrogen and oxygen atoms in total. The number of hydrogen-bond donors (Lipinski definition) is 3. The third-order valence-electron chi connectivity index (χ3n) is 2.79. The minimum Gasteiger partial charge on any atom is -0.481 e. The highest BCUT2D eigenvalue weighted by molar-refractivity contribution is 7.92. The van der Waals surface area contributed by atoms with Crippen molar-refractivity contribution in [3.63, 3.8) is 0 Å². The normalized spacial score (nSPS) is 11.3. The van der Waals surface area contributed by atoms with Crippen molar-refractivity contribution in [2.45, 2.75) is 24.8 Å². The van der Waals surface area contributed by atoms with Gasteiger partial charge in [-0.3, -0.25) is 9.52 Å². The average Bonchev–Trinajstić information content (AvgIpc) is 2.90. The van der Waals surface area contributed by atoms with Crippen LogP contribution in [-0.2, 0) is 27.7 Å². The molecule has 0 aliphatic rings. The van der Waals surface area contributed by atoms with Crippen molar-refractivity contribution in [2.75, 3.05) is 4.72 Å². The van der Waals surface area contributed by atoms with Gasteiger partial charge < -0.3 is 10.1 Å². The first-order valence-corrected chi connectivity index (χ1v) is 7.76. The number of nitrogens with one attached hydrogen (secondary N) is 2. The minimum absolute atomic E-state index is 0.00559. The van der Waals surface area contributed by atoms with Gasteiger partial charge in [-0.15, -0.1) is 0 Å². The van der Waals surface area contributed by atoms with Crippen LogP contribution in [0.25, 0.3) is 0 Å². The number of aryl methyl sites for hydroxylation is 1. The van der Waals surface area contributed by atoms with E-state index < -0.39 is 16.0 Å². The zero-order valence-corrected chi connectivity index (χ0v) is 12.1. The van der Waals surface area contributed by atoms with Crippen molar-refractivity contribution in [1.29, 1.82) is 0 Å². The number of carboxylic acid groups (broad SMARTS) is 1. The summed E-state index contributed by atoms with van der Waals surface area (Å²) in [7, 11) is -3.72. The number of hydrogen-bond acceptors (Lipinski definition) is 4. The molecule has 0 atom stereocenters. The maximum Gasteiger partial charge on any atom is 0.307 e. The molecule has 0 radical (unpaired) electrons. The van der Waals surface area contributed by atoms with E-state index in [2.05, 4.69) is 14.7 Å². The molecule has 1 aromatic heterocycles. The highest BCUT2D eigenvalue weighted by Gasteiger charge is 2.17. The molecule has 2 aromatic rings. The van der Waals surface area contributed by atoms with Crippen molar-refractivity contribution in [3.05, 3.63) is 41.9 Å². The largest absolute Gasteiger partial charge is 0.481 e. The number of imidazole rings is 1. The highest BCUT2D eigenvalue weighted by atomic mass is 32.2. The standard InChI is InChI=1S/C13H15N3O4S/c1-2-11-14-8-12(15-11)21(19,20)16-10-5-3-9(4-6-10)7-13(17)18/h3-6,8,16H,2,7H2,1H3,(H,14,15)(H,17,18). The van der Waals surface area contributed by atoms with E-state index in [4.69, 9.17) is 5.11 Å². The Morgan fingerprint density at radius 3 is 2.52 bits per heavy atom. The molecule has 1 heterocycles. The van der Waals surface area contributed by atoms with Crippen LogP contribution in [-0.4, -0.2) is 29.5 Å². The molecule has 0 amide bonds. The van der Waals surface area contributed by atoms with Crippen molar-refractivity contribution < 1.29 is 18.3 Å². The van der Waals surface area contributed by atoms with Crippen LogP contribution in [0, 0.1) is 0 Å². The maximum atomic E-state index is 12.1. The second-order valence-corrected chi connectivity index (χ2v) is 6.07. The Hall–Kier alpha value is -2.35. The molecule has 0 unspecified atom stereocenters. The van der Waals surface area contributed by atoms with Gasteiger partial charge >= 0.3 is 5.97 Å². The number of nitrogens with zero attached hydrogens (tertiary/aromatic N) is 1. The molecule has 0 fully saturated rings. The zero-order chi connectivity index (χ0) is 15.5. The van der Waals surface area contributed by atoms with Crippen molar-refractivity contribution in [1.82, 2.24) is 9.97 Å². The van der Waals surface area contributed by atoms with E-state index in [1.807, 2.05) is 6.92 Å². The Bertz CT molecular complexity index is 735. The summed E-state index contributed by atoms with van der Waals surface area (Å²) in [5.74, 6) is -0.347. The molecular weight excluding hydrogens is 294 g/mol. The van der Waals surface area contributed by atoms with Gasteiger partial charge in [0, 0.05) is 12.1 Å². The van der Waals surface area contributed by atoms with Crippen LogP contribution in [0.2, 0.25) is 0 Å². The third-order valence-corrected chi connectivity index (χ3v) is 4.08. The lowest BCUT2D eigenvalue weighted by Crippen LogP contribution is -2.13. The number of anilines is 1. The Labute approximate surface area is 122 Å². The first-order chi connectivity index (χ1) is 9.90. The third kappa shape index (κ3) is 3.82. The van der Waals surface area contributed by atoms with E-state index in [9.17, 15) is 13.2 Å². The van der Waals surface area contributed by atoms with Crippen LogP contribution in [0.3, 0.4) is 0 Å². The molecular formula is C13H15N3O4S. The average molecular weight is 309 g/mol. The first kappa shape index (κ1) is 15.0. The fourth-order valence-corrected chi connectivity index (χ4v) is 2.73. The molecule has 112 valence electrons. The summed E-state index contributed by atoms with van der Waals surface area (Å²) in [6.07, 6.45) is 1.77. The second-order valence-electron chi connectivity index (χ2n) is 4.42. The zero-order valence-electron chi connectivity index (χ0n) is 11.3. The van der Waals surface area contributed by atoms with Gasteiger partial charge in [-0.05, 0) is 17.7 Å². The Morgan fingerprint density at radius 2 is 2.00 bits per heavy atom. The van der Waals surface area contributed by atoms with Crippen LogP contribution >= 0.6 is 0 Å². The Morgan fingerprint density at radius 1 is 1.33 bits per heavy atom. The summed E-state index contributed by atoms with van der Waals surface area (Å²) in [6, 6.07) is 6.17. The number of H-pyrrole nitrogens is 1. The quantitative estimate of drug-likeness (QED) is 0.746. The van der Waals surface area contributed by atoms with Crippen molar-refractivity contribution in [3.8, 4) is 0 Å². The monoisotopic (exact) mass is 309 g/mol. The highest BCUT2D eigenvalue weighted by Crippen LogP contribution is 2.15. The fraction of sp³-hybridized carbons (Fsp3) is 0.231. The van der Waals surface area contributed by atoms with Crippen LogP contribution in [0.1, 0.15) is 18.3 Å². The maximum absolute atomic E-state index is 12.1. The van der Waals surface area contributed by atoms with E-state index in [-0.39, 0.29) is 11.4 Å². The number of sulfonamides is 1. The van der Waals surface area contributed by atoms with E-state index >= 15 is 0 Å². The molecule has 1 aromatic carbocycles. The Balaban J connectivity index is 2.14. The first-order valence-electron chi connectivity index (χ1n) is 6.28. The molecule has 8 heteroatoms. The minimum atomic E-state index is -3.72. The molecule has 0 aliphatic carbocycles. The van der Waals surface area contributed by atoms with E-state index in [1.54, 1.807) is 12.1 Å². The number of carboxylic acids is 1. The van der Waals surface area contributed by atoms with Gasteiger partial charge in [0.1, 0.15) is 5.82 Å². The van der Waals surface area contributed by atoms with Crippen molar-refractivity contribution >= 4 is 21.7 Å². The van der Waals surface area contributed by atoms with Gasteiger partial charge in [-0.25, -0.2) is 4.98 Å². The molecule has 0 bridgehead atoms. The van der Waals surface area contributed by atoms with Crippen LogP contribution in [0.4, 0.5) is 5.69 Å². The van der Waals surface area contributed by atoms with Gasteiger partial charge in [0.05, 0.1) is 12.6 Å². The summed E-state index contributed by atoms with van der Waals surface area (Å²) < 4.78 is 26.6. The number of aromatic amines is 1.